The maximum Gasteiger partial charge on any atom is 0.390 e. The van der Waals surface area contributed by atoms with Crippen molar-refractivity contribution >= 4 is 15.9 Å². The zero-order chi connectivity index (χ0) is 13.1. The molecule has 0 unspecified atom stereocenters. The highest BCUT2D eigenvalue weighted by molar-refractivity contribution is 9.09. The monoisotopic (exact) mass is 317 g/mol. The molecule has 0 atom stereocenters. The fraction of sp³-hybridized carbons (Fsp3) is 1.00. The molecule has 0 N–H and O–H groups in total. The molecule has 0 amide bonds. The van der Waals surface area contributed by atoms with Crippen LogP contribution < -0.4 is 0 Å². The third kappa shape index (κ3) is 12.5. The van der Waals surface area contributed by atoms with E-state index in [1.165, 1.54) is 0 Å². The van der Waals surface area contributed by atoms with Gasteiger partial charge in [0.25, 0.3) is 0 Å². The summed E-state index contributed by atoms with van der Waals surface area (Å²) in [5, 5.41) is 1.01. The van der Waals surface area contributed by atoms with E-state index in [2.05, 4.69) is 15.9 Å². The van der Waals surface area contributed by atoms with Crippen molar-refractivity contribution < 1.29 is 13.2 Å². The largest absolute Gasteiger partial charge is 0.390 e. The molecule has 5 heteroatoms. The molecule has 0 heterocycles. The Morgan fingerprint density at radius 3 is 2.12 bits per heavy atom. The zero-order valence-corrected chi connectivity index (χ0v) is 12.1. The molecular formula is C12H23BrF3N. The van der Waals surface area contributed by atoms with Crippen LogP contribution in [0.5, 0.6) is 0 Å². The first kappa shape index (κ1) is 17.2. The van der Waals surface area contributed by atoms with Gasteiger partial charge in [0.1, 0.15) is 0 Å². The second kappa shape index (κ2) is 10.2. The van der Waals surface area contributed by atoms with Crippen molar-refractivity contribution in [3.63, 3.8) is 0 Å². The van der Waals surface area contributed by atoms with Crippen molar-refractivity contribution in [1.82, 2.24) is 4.90 Å². The van der Waals surface area contributed by atoms with Gasteiger partial charge in [0, 0.05) is 11.9 Å². The highest BCUT2D eigenvalue weighted by Crippen LogP contribution is 2.20. The number of nitrogens with zero attached hydrogens (tertiary/aromatic N) is 1. The van der Waals surface area contributed by atoms with Crippen molar-refractivity contribution in [2.45, 2.75) is 51.6 Å². The second-order valence-corrected chi connectivity index (χ2v) is 5.10. The second-order valence-electron chi connectivity index (χ2n) is 4.31. The minimum atomic E-state index is -4.03. The Balaban J connectivity index is 3.67. The molecule has 0 aromatic heterocycles. The lowest BCUT2D eigenvalue weighted by molar-refractivity contribution is -0.138. The van der Waals surface area contributed by atoms with Crippen LogP contribution in [0.15, 0.2) is 0 Å². The summed E-state index contributed by atoms with van der Waals surface area (Å²) >= 11 is 3.37. The van der Waals surface area contributed by atoms with Gasteiger partial charge in [-0.05, 0) is 32.4 Å². The minimum Gasteiger partial charge on any atom is -0.303 e. The standard InChI is InChI=1S/C12H23BrF3N/c1-2-9-17(11-7-12(14,15)16)10-6-4-3-5-8-13/h2-11H2,1H3. The Labute approximate surface area is 111 Å². The summed E-state index contributed by atoms with van der Waals surface area (Å²) in [6.07, 6.45) is 0.624. The van der Waals surface area contributed by atoms with Gasteiger partial charge in [0.2, 0.25) is 0 Å². The Hall–Kier alpha value is 0.230. The van der Waals surface area contributed by atoms with Crippen molar-refractivity contribution in [2.24, 2.45) is 0 Å². The smallest absolute Gasteiger partial charge is 0.303 e. The van der Waals surface area contributed by atoms with Crippen LogP contribution in [-0.2, 0) is 0 Å². The molecule has 17 heavy (non-hydrogen) atoms. The van der Waals surface area contributed by atoms with E-state index in [4.69, 9.17) is 0 Å². The van der Waals surface area contributed by atoms with Crippen molar-refractivity contribution in [1.29, 1.82) is 0 Å². The number of unbranched alkanes of at least 4 members (excludes halogenated alkanes) is 3. The van der Waals surface area contributed by atoms with E-state index in [1.54, 1.807) is 0 Å². The third-order valence-electron chi connectivity index (χ3n) is 2.61. The molecule has 0 aliphatic rings. The van der Waals surface area contributed by atoms with Gasteiger partial charge in [-0.2, -0.15) is 13.2 Å². The maximum atomic E-state index is 12.1. The summed E-state index contributed by atoms with van der Waals surface area (Å²) in [6, 6.07) is 0. The van der Waals surface area contributed by atoms with E-state index in [0.717, 1.165) is 50.5 Å². The van der Waals surface area contributed by atoms with Crippen LogP contribution in [-0.4, -0.2) is 36.0 Å². The molecular weight excluding hydrogens is 295 g/mol. The maximum absolute atomic E-state index is 12.1. The van der Waals surface area contributed by atoms with Crippen LogP contribution in [0.4, 0.5) is 13.2 Å². The third-order valence-corrected chi connectivity index (χ3v) is 3.17. The van der Waals surface area contributed by atoms with Gasteiger partial charge in [0.05, 0.1) is 6.42 Å². The van der Waals surface area contributed by atoms with Gasteiger partial charge in [-0.25, -0.2) is 0 Å². The fourth-order valence-corrected chi connectivity index (χ4v) is 2.12. The van der Waals surface area contributed by atoms with E-state index in [0.29, 0.717) is 0 Å². The summed E-state index contributed by atoms with van der Waals surface area (Å²) in [4.78, 5) is 1.93. The first-order chi connectivity index (χ1) is 7.99. The Morgan fingerprint density at radius 2 is 1.59 bits per heavy atom. The van der Waals surface area contributed by atoms with E-state index >= 15 is 0 Å². The average molecular weight is 318 g/mol. The molecule has 0 saturated heterocycles. The summed E-state index contributed by atoms with van der Waals surface area (Å²) in [5.41, 5.74) is 0. The van der Waals surface area contributed by atoms with Gasteiger partial charge in [-0.1, -0.05) is 35.7 Å². The van der Waals surface area contributed by atoms with Crippen LogP contribution >= 0.6 is 15.9 Å². The van der Waals surface area contributed by atoms with Crippen LogP contribution in [0.1, 0.15) is 45.4 Å². The lowest BCUT2D eigenvalue weighted by atomic mass is 10.2. The normalized spacial score (nSPS) is 12.4. The molecule has 0 aromatic rings. The lowest BCUT2D eigenvalue weighted by Crippen LogP contribution is -2.30. The molecule has 0 bridgehead atoms. The molecule has 0 spiro atoms. The van der Waals surface area contributed by atoms with E-state index in [1.807, 2.05) is 11.8 Å². The molecule has 0 aromatic carbocycles. The number of rotatable bonds is 10. The van der Waals surface area contributed by atoms with Crippen molar-refractivity contribution in [3.05, 3.63) is 0 Å². The lowest BCUT2D eigenvalue weighted by Gasteiger charge is -2.22. The molecule has 0 rings (SSSR count). The predicted octanol–water partition coefficient (Wildman–Crippen LogP) is 4.61. The summed E-state index contributed by atoms with van der Waals surface area (Å²) in [6.45, 7) is 3.72. The number of hydrogen-bond acceptors (Lipinski definition) is 1. The molecule has 0 aliphatic carbocycles. The van der Waals surface area contributed by atoms with Gasteiger partial charge >= 0.3 is 6.18 Å². The summed E-state index contributed by atoms with van der Waals surface area (Å²) < 4.78 is 36.3. The highest BCUT2D eigenvalue weighted by Gasteiger charge is 2.27. The first-order valence-electron chi connectivity index (χ1n) is 6.34. The Morgan fingerprint density at radius 1 is 0.941 bits per heavy atom. The molecule has 0 aliphatic heterocycles. The van der Waals surface area contributed by atoms with E-state index in [-0.39, 0.29) is 6.54 Å². The van der Waals surface area contributed by atoms with Crippen LogP contribution in [0.2, 0.25) is 0 Å². The fourth-order valence-electron chi connectivity index (χ4n) is 1.72. The predicted molar refractivity (Wildman–Crippen MR) is 69.7 cm³/mol. The molecule has 0 radical (unpaired) electrons. The molecule has 1 nitrogen and oxygen atoms in total. The van der Waals surface area contributed by atoms with Crippen LogP contribution in [0.3, 0.4) is 0 Å². The zero-order valence-electron chi connectivity index (χ0n) is 10.5. The number of halogens is 4. The van der Waals surface area contributed by atoms with Gasteiger partial charge in [-0.15, -0.1) is 0 Å². The molecule has 0 saturated carbocycles. The van der Waals surface area contributed by atoms with Gasteiger partial charge in [-0.3, -0.25) is 0 Å². The quantitative estimate of drug-likeness (QED) is 0.420. The average Bonchev–Trinajstić information content (AvgIpc) is 2.24. The van der Waals surface area contributed by atoms with Crippen LogP contribution in [0.25, 0.3) is 0 Å². The van der Waals surface area contributed by atoms with Gasteiger partial charge in [0.15, 0.2) is 0 Å². The SMILES string of the molecule is CCCN(CCCCCCBr)CCC(F)(F)F. The number of alkyl halides is 4. The van der Waals surface area contributed by atoms with Gasteiger partial charge < -0.3 is 4.90 Å². The summed E-state index contributed by atoms with van der Waals surface area (Å²) in [5.74, 6) is 0. The van der Waals surface area contributed by atoms with Crippen LogP contribution in [0, 0.1) is 0 Å². The topological polar surface area (TPSA) is 3.24 Å². The van der Waals surface area contributed by atoms with Crippen molar-refractivity contribution in [3.8, 4) is 0 Å². The first-order valence-corrected chi connectivity index (χ1v) is 7.47. The highest BCUT2D eigenvalue weighted by atomic mass is 79.9. The Bertz CT molecular complexity index is 174. The Kier molecular flexibility index (Phi) is 10.3. The number of hydrogen-bond donors (Lipinski definition) is 0. The minimum absolute atomic E-state index is 0.149. The molecule has 104 valence electrons. The molecule has 0 fully saturated rings. The summed E-state index contributed by atoms with van der Waals surface area (Å²) in [7, 11) is 0. The van der Waals surface area contributed by atoms with E-state index < -0.39 is 12.6 Å². The van der Waals surface area contributed by atoms with E-state index in [9.17, 15) is 13.2 Å². The van der Waals surface area contributed by atoms with Crippen molar-refractivity contribution in [2.75, 3.05) is 25.0 Å².